The minimum atomic E-state index is -1.25. The lowest BCUT2D eigenvalue weighted by atomic mass is 10.1. The zero-order valence-electron chi connectivity index (χ0n) is 23.5. The Labute approximate surface area is 239 Å². The van der Waals surface area contributed by atoms with Crippen LogP contribution in [0.3, 0.4) is 0 Å². The third-order valence-corrected chi connectivity index (χ3v) is 5.35. The number of hydrogen-bond donors (Lipinski definition) is 6. The SMILES string of the molecule is CCCCOC(C)[C@@H](NC(=O)COCCOCCNC(=O)OCc1ccccc1)C(=O)NNC(=O)[C@H](N)CC(N)=O. The molecule has 0 heterocycles. The van der Waals surface area contributed by atoms with Gasteiger partial charge in [0.05, 0.1) is 38.4 Å². The molecule has 0 aromatic heterocycles. The van der Waals surface area contributed by atoms with E-state index in [1.54, 1.807) is 6.92 Å². The first-order valence-electron chi connectivity index (χ1n) is 13.3. The van der Waals surface area contributed by atoms with Crippen molar-refractivity contribution in [1.82, 2.24) is 21.5 Å². The number of alkyl carbamates (subject to hydrolysis) is 1. The van der Waals surface area contributed by atoms with E-state index in [4.69, 9.17) is 30.4 Å². The number of hydrogen-bond acceptors (Lipinski definition) is 10. The lowest BCUT2D eigenvalue weighted by Crippen LogP contribution is -2.59. The van der Waals surface area contributed by atoms with E-state index in [0.29, 0.717) is 6.61 Å². The van der Waals surface area contributed by atoms with Crippen LogP contribution in [0.2, 0.25) is 0 Å². The van der Waals surface area contributed by atoms with Crippen molar-refractivity contribution in [1.29, 1.82) is 0 Å². The molecule has 8 N–H and O–H groups in total. The lowest BCUT2D eigenvalue weighted by Gasteiger charge is -2.25. The van der Waals surface area contributed by atoms with E-state index in [1.165, 1.54) is 0 Å². The summed E-state index contributed by atoms with van der Waals surface area (Å²) in [4.78, 5) is 59.7. The van der Waals surface area contributed by atoms with Gasteiger partial charge >= 0.3 is 6.09 Å². The second kappa shape index (κ2) is 21.0. The average Bonchev–Trinajstić information content (AvgIpc) is 2.94. The van der Waals surface area contributed by atoms with E-state index in [2.05, 4.69) is 21.5 Å². The molecule has 41 heavy (non-hydrogen) atoms. The summed E-state index contributed by atoms with van der Waals surface area (Å²) >= 11 is 0. The van der Waals surface area contributed by atoms with Gasteiger partial charge in [-0.3, -0.25) is 30.0 Å². The number of nitrogens with two attached hydrogens (primary N) is 2. The summed E-state index contributed by atoms with van der Waals surface area (Å²) in [5, 5.41) is 5.08. The van der Waals surface area contributed by atoms with Crippen molar-refractivity contribution in [3.63, 3.8) is 0 Å². The van der Waals surface area contributed by atoms with Gasteiger partial charge in [-0.1, -0.05) is 43.7 Å². The molecule has 230 valence electrons. The molecule has 1 rings (SSSR count). The molecule has 15 nitrogen and oxygen atoms in total. The number of carbonyl (C=O) groups is 5. The van der Waals surface area contributed by atoms with Crippen LogP contribution in [0, 0.1) is 0 Å². The van der Waals surface area contributed by atoms with Gasteiger partial charge < -0.3 is 41.0 Å². The Bertz CT molecular complexity index is 951. The van der Waals surface area contributed by atoms with Gasteiger partial charge in [-0.2, -0.15) is 0 Å². The van der Waals surface area contributed by atoms with E-state index in [9.17, 15) is 24.0 Å². The lowest BCUT2D eigenvalue weighted by molar-refractivity contribution is -0.137. The summed E-state index contributed by atoms with van der Waals surface area (Å²) in [6.45, 7) is 4.41. The molecule has 1 aromatic carbocycles. The summed E-state index contributed by atoms with van der Waals surface area (Å²) in [5.41, 5.74) is 15.7. The van der Waals surface area contributed by atoms with Crippen LogP contribution in [0.1, 0.15) is 38.7 Å². The molecule has 1 unspecified atom stereocenters. The Morgan fingerprint density at radius 1 is 0.927 bits per heavy atom. The van der Waals surface area contributed by atoms with Gasteiger partial charge in [0.25, 0.3) is 11.8 Å². The van der Waals surface area contributed by atoms with Crippen LogP contribution in [0.15, 0.2) is 30.3 Å². The average molecular weight is 583 g/mol. The van der Waals surface area contributed by atoms with Crippen molar-refractivity contribution in [2.75, 3.05) is 39.6 Å². The molecule has 5 amide bonds. The highest BCUT2D eigenvalue weighted by Gasteiger charge is 2.28. The summed E-state index contributed by atoms with van der Waals surface area (Å²) in [7, 11) is 0. The summed E-state index contributed by atoms with van der Waals surface area (Å²) < 4.78 is 21.4. The fraction of sp³-hybridized carbons (Fsp3) is 0.577. The topological polar surface area (TPSA) is 222 Å². The Hall–Kier alpha value is -3.79. The molecule has 0 spiro atoms. The Kier molecular flexibility index (Phi) is 18.1. The molecule has 0 saturated carbocycles. The smallest absolute Gasteiger partial charge is 0.407 e. The number of benzene rings is 1. The van der Waals surface area contributed by atoms with Crippen molar-refractivity contribution in [2.45, 2.75) is 57.9 Å². The predicted octanol–water partition coefficient (Wildman–Crippen LogP) is -1.01. The molecule has 0 aliphatic rings. The molecule has 15 heteroatoms. The van der Waals surface area contributed by atoms with Crippen LogP contribution in [-0.2, 0) is 44.7 Å². The van der Waals surface area contributed by atoms with Gasteiger partial charge in [0.2, 0.25) is 11.8 Å². The second-order valence-corrected chi connectivity index (χ2v) is 8.88. The maximum atomic E-state index is 12.7. The zero-order chi connectivity index (χ0) is 30.5. The molecule has 0 fully saturated rings. The third-order valence-electron chi connectivity index (χ3n) is 5.35. The highest BCUT2D eigenvalue weighted by molar-refractivity contribution is 5.92. The first-order valence-corrected chi connectivity index (χ1v) is 13.3. The minimum absolute atomic E-state index is 0.0824. The first kappa shape index (κ1) is 35.2. The number of hydrazine groups is 1. The standard InChI is InChI=1S/C26H42N6O9/c1-3-4-11-40-18(2)23(25(36)32-31-24(35)20(27)15-21(28)33)30-22(34)17-39-14-13-38-12-10-29-26(37)41-16-19-8-6-5-7-9-19/h5-9,18,20,23H,3-4,10-17,27H2,1-2H3,(H2,28,33)(H,29,37)(H,30,34)(H,31,35)(H,32,36)/t18?,20-,23-/m1/s1. The summed E-state index contributed by atoms with van der Waals surface area (Å²) in [5.74, 6) is -2.97. The van der Waals surface area contributed by atoms with Gasteiger partial charge in [-0.15, -0.1) is 0 Å². The molecular formula is C26H42N6O9. The van der Waals surface area contributed by atoms with Gasteiger partial charge in [-0.25, -0.2) is 4.79 Å². The molecule has 0 saturated heterocycles. The maximum absolute atomic E-state index is 12.7. The fourth-order valence-electron chi connectivity index (χ4n) is 3.11. The number of unbranched alkanes of at least 4 members (excludes halogenated alkanes) is 1. The van der Waals surface area contributed by atoms with Crippen LogP contribution in [0.4, 0.5) is 4.79 Å². The number of primary amides is 1. The Balaban J connectivity index is 2.33. The van der Waals surface area contributed by atoms with Crippen LogP contribution in [0.5, 0.6) is 0 Å². The van der Waals surface area contributed by atoms with E-state index in [-0.39, 0.29) is 39.6 Å². The maximum Gasteiger partial charge on any atom is 0.407 e. The van der Waals surface area contributed by atoms with Gasteiger partial charge in [-0.05, 0) is 18.9 Å². The predicted molar refractivity (Wildman–Crippen MR) is 147 cm³/mol. The van der Waals surface area contributed by atoms with Crippen LogP contribution >= 0.6 is 0 Å². The zero-order valence-corrected chi connectivity index (χ0v) is 23.5. The summed E-state index contributed by atoms with van der Waals surface area (Å²) in [6.07, 6.45) is -0.0914. The van der Waals surface area contributed by atoms with Crippen molar-refractivity contribution >= 4 is 29.7 Å². The van der Waals surface area contributed by atoms with Crippen molar-refractivity contribution in [2.24, 2.45) is 11.5 Å². The normalized spacial score (nSPS) is 12.9. The largest absolute Gasteiger partial charge is 0.445 e. The van der Waals surface area contributed by atoms with E-state index in [1.807, 2.05) is 37.3 Å². The number of rotatable bonds is 20. The summed E-state index contributed by atoms with van der Waals surface area (Å²) in [6, 6.07) is 6.85. The molecule has 1 aromatic rings. The number of amides is 5. The van der Waals surface area contributed by atoms with Crippen molar-refractivity contribution in [3.05, 3.63) is 35.9 Å². The first-order chi connectivity index (χ1) is 19.6. The van der Waals surface area contributed by atoms with Crippen LogP contribution in [-0.4, -0.2) is 87.5 Å². The highest BCUT2D eigenvalue weighted by atomic mass is 16.6. The third kappa shape index (κ3) is 16.8. The molecule has 0 aliphatic heterocycles. The number of nitrogens with one attached hydrogen (secondary N) is 4. The van der Waals surface area contributed by atoms with E-state index >= 15 is 0 Å². The van der Waals surface area contributed by atoms with Gasteiger partial charge in [0.1, 0.15) is 19.3 Å². The molecule has 3 atom stereocenters. The van der Waals surface area contributed by atoms with Crippen molar-refractivity contribution < 1.29 is 42.9 Å². The Morgan fingerprint density at radius 3 is 2.29 bits per heavy atom. The molecule has 0 radical (unpaired) electrons. The van der Waals surface area contributed by atoms with Crippen LogP contribution < -0.4 is 33.0 Å². The molecular weight excluding hydrogens is 540 g/mol. The molecule has 0 aliphatic carbocycles. The van der Waals surface area contributed by atoms with E-state index in [0.717, 1.165) is 18.4 Å². The Morgan fingerprint density at radius 2 is 1.61 bits per heavy atom. The number of ether oxygens (including phenoxy) is 4. The monoisotopic (exact) mass is 582 g/mol. The minimum Gasteiger partial charge on any atom is -0.445 e. The highest BCUT2D eigenvalue weighted by Crippen LogP contribution is 2.03. The van der Waals surface area contributed by atoms with Crippen LogP contribution in [0.25, 0.3) is 0 Å². The quantitative estimate of drug-likeness (QED) is 0.0811. The van der Waals surface area contributed by atoms with E-state index < -0.39 is 54.3 Å². The molecule has 0 bridgehead atoms. The van der Waals surface area contributed by atoms with Gasteiger partial charge in [0.15, 0.2) is 0 Å². The fourth-order valence-corrected chi connectivity index (χ4v) is 3.11. The second-order valence-electron chi connectivity index (χ2n) is 8.88. The van der Waals surface area contributed by atoms with Gasteiger partial charge in [0, 0.05) is 13.2 Å². The van der Waals surface area contributed by atoms with Crippen molar-refractivity contribution in [3.8, 4) is 0 Å². The number of carbonyl (C=O) groups excluding carboxylic acids is 5.